The number of fused-ring (bicyclic) bond motifs is 1. The van der Waals surface area contributed by atoms with Crippen LogP contribution in [-0.2, 0) is 5.33 Å². The number of halogens is 2. The quantitative estimate of drug-likeness (QED) is 0.585. The SMILES string of the molecule is Cc1nc2c(CBr)cc(Cl)nc2o1. The summed E-state index contributed by atoms with van der Waals surface area (Å²) < 4.78 is 5.26. The molecule has 2 aromatic rings. The van der Waals surface area contributed by atoms with Crippen LogP contribution in [0.15, 0.2) is 10.5 Å². The Morgan fingerprint density at radius 1 is 1.54 bits per heavy atom. The molecule has 68 valence electrons. The van der Waals surface area contributed by atoms with Gasteiger partial charge in [0.05, 0.1) is 0 Å². The van der Waals surface area contributed by atoms with Gasteiger partial charge in [0, 0.05) is 12.3 Å². The minimum atomic E-state index is 0.429. The van der Waals surface area contributed by atoms with Crippen molar-refractivity contribution in [3.63, 3.8) is 0 Å². The minimum absolute atomic E-state index is 0.429. The van der Waals surface area contributed by atoms with E-state index in [4.69, 9.17) is 16.0 Å². The molecular weight excluding hydrogens is 255 g/mol. The minimum Gasteiger partial charge on any atom is -0.423 e. The van der Waals surface area contributed by atoms with Gasteiger partial charge in [-0.05, 0) is 11.6 Å². The second-order valence-electron chi connectivity index (χ2n) is 2.62. The van der Waals surface area contributed by atoms with E-state index < -0.39 is 0 Å². The van der Waals surface area contributed by atoms with Crippen LogP contribution in [0.25, 0.3) is 11.2 Å². The van der Waals surface area contributed by atoms with Gasteiger partial charge in [0.15, 0.2) is 5.89 Å². The van der Waals surface area contributed by atoms with Crippen molar-refractivity contribution in [1.82, 2.24) is 9.97 Å². The van der Waals surface area contributed by atoms with Gasteiger partial charge >= 0.3 is 0 Å². The van der Waals surface area contributed by atoms with Crippen LogP contribution in [0.1, 0.15) is 11.5 Å². The van der Waals surface area contributed by atoms with Gasteiger partial charge in [-0.2, -0.15) is 4.98 Å². The lowest BCUT2D eigenvalue weighted by molar-refractivity contribution is 0.551. The highest BCUT2D eigenvalue weighted by atomic mass is 79.9. The summed E-state index contributed by atoms with van der Waals surface area (Å²) in [5, 5.41) is 1.12. The molecule has 2 aromatic heterocycles. The summed E-state index contributed by atoms with van der Waals surface area (Å²) in [7, 11) is 0. The summed E-state index contributed by atoms with van der Waals surface area (Å²) in [6.07, 6.45) is 0. The molecule has 0 aromatic carbocycles. The first-order chi connectivity index (χ1) is 6.20. The van der Waals surface area contributed by atoms with E-state index in [0.717, 1.165) is 11.1 Å². The Labute approximate surface area is 88.2 Å². The normalized spacial score (nSPS) is 11.0. The van der Waals surface area contributed by atoms with E-state index in [1.165, 1.54) is 0 Å². The molecule has 0 atom stereocenters. The first-order valence-electron chi connectivity index (χ1n) is 3.69. The predicted molar refractivity (Wildman–Crippen MR) is 54.2 cm³/mol. The molecule has 0 aliphatic heterocycles. The van der Waals surface area contributed by atoms with Gasteiger partial charge in [0.1, 0.15) is 10.7 Å². The van der Waals surface area contributed by atoms with Crippen LogP contribution in [0.5, 0.6) is 0 Å². The molecule has 5 heteroatoms. The number of alkyl halides is 1. The molecule has 13 heavy (non-hydrogen) atoms. The lowest BCUT2D eigenvalue weighted by Gasteiger charge is -1.95. The standard InChI is InChI=1S/C8H6BrClN2O/c1-4-11-7-5(3-9)2-6(10)12-8(7)13-4/h2H,3H2,1H3. The number of nitrogens with zero attached hydrogens (tertiary/aromatic N) is 2. The third-order valence-electron chi connectivity index (χ3n) is 1.67. The van der Waals surface area contributed by atoms with Crippen molar-refractivity contribution in [1.29, 1.82) is 0 Å². The summed E-state index contributed by atoms with van der Waals surface area (Å²) >= 11 is 9.15. The van der Waals surface area contributed by atoms with Crippen molar-refractivity contribution in [3.8, 4) is 0 Å². The fourth-order valence-electron chi connectivity index (χ4n) is 1.14. The van der Waals surface area contributed by atoms with Gasteiger partial charge in [0.2, 0.25) is 5.71 Å². The summed E-state index contributed by atoms with van der Waals surface area (Å²) in [4.78, 5) is 8.23. The lowest BCUT2D eigenvalue weighted by Crippen LogP contribution is -1.84. The first kappa shape index (κ1) is 8.97. The summed E-state index contributed by atoms with van der Waals surface area (Å²) in [5.74, 6) is 0.604. The number of hydrogen-bond donors (Lipinski definition) is 0. The third kappa shape index (κ3) is 1.56. The monoisotopic (exact) mass is 260 g/mol. The number of hydrogen-bond acceptors (Lipinski definition) is 3. The average Bonchev–Trinajstić information content (AvgIpc) is 2.43. The Hall–Kier alpha value is -0.610. The fourth-order valence-corrected chi connectivity index (χ4v) is 1.78. The van der Waals surface area contributed by atoms with E-state index in [-0.39, 0.29) is 0 Å². The van der Waals surface area contributed by atoms with Gasteiger partial charge in [0.25, 0.3) is 0 Å². The van der Waals surface area contributed by atoms with Crippen LogP contribution < -0.4 is 0 Å². The zero-order chi connectivity index (χ0) is 9.42. The highest BCUT2D eigenvalue weighted by Crippen LogP contribution is 2.22. The van der Waals surface area contributed by atoms with Crippen LogP contribution in [0.3, 0.4) is 0 Å². The van der Waals surface area contributed by atoms with Gasteiger partial charge in [-0.3, -0.25) is 0 Å². The van der Waals surface area contributed by atoms with Crippen molar-refractivity contribution in [2.24, 2.45) is 0 Å². The third-order valence-corrected chi connectivity index (χ3v) is 2.46. The Kier molecular flexibility index (Phi) is 2.26. The molecule has 3 nitrogen and oxygen atoms in total. The molecule has 0 saturated carbocycles. The number of aryl methyl sites for hydroxylation is 1. The molecular formula is C8H6BrClN2O. The van der Waals surface area contributed by atoms with E-state index in [2.05, 4.69) is 25.9 Å². The Bertz CT molecular complexity index is 455. The molecule has 0 N–H and O–H groups in total. The van der Waals surface area contributed by atoms with Gasteiger partial charge in [-0.15, -0.1) is 0 Å². The smallest absolute Gasteiger partial charge is 0.248 e. The molecule has 0 saturated heterocycles. The van der Waals surface area contributed by atoms with Crippen molar-refractivity contribution < 1.29 is 4.42 Å². The van der Waals surface area contributed by atoms with Gasteiger partial charge in [-0.25, -0.2) is 4.98 Å². The lowest BCUT2D eigenvalue weighted by atomic mass is 10.3. The van der Waals surface area contributed by atoms with Crippen LogP contribution >= 0.6 is 27.5 Å². The maximum atomic E-state index is 5.79. The molecule has 2 heterocycles. The van der Waals surface area contributed by atoms with Crippen LogP contribution in [-0.4, -0.2) is 9.97 Å². The van der Waals surface area contributed by atoms with Gasteiger partial charge in [-0.1, -0.05) is 27.5 Å². The van der Waals surface area contributed by atoms with E-state index >= 15 is 0 Å². The molecule has 0 amide bonds. The van der Waals surface area contributed by atoms with Crippen molar-refractivity contribution in [2.45, 2.75) is 12.3 Å². The van der Waals surface area contributed by atoms with Crippen LogP contribution in [0, 0.1) is 6.92 Å². The highest BCUT2D eigenvalue weighted by Gasteiger charge is 2.09. The molecule has 0 radical (unpaired) electrons. The second kappa shape index (κ2) is 3.27. The van der Waals surface area contributed by atoms with E-state index in [1.807, 2.05) is 0 Å². The number of aromatic nitrogens is 2. The summed E-state index contributed by atoms with van der Waals surface area (Å²) in [6.45, 7) is 1.79. The first-order valence-corrected chi connectivity index (χ1v) is 5.19. The van der Waals surface area contributed by atoms with E-state index in [9.17, 15) is 0 Å². The zero-order valence-corrected chi connectivity index (χ0v) is 9.18. The summed E-state index contributed by atoms with van der Waals surface area (Å²) in [6, 6.07) is 1.78. The maximum absolute atomic E-state index is 5.79. The fraction of sp³-hybridized carbons (Fsp3) is 0.250. The Morgan fingerprint density at radius 2 is 2.31 bits per heavy atom. The van der Waals surface area contributed by atoms with Crippen molar-refractivity contribution >= 4 is 38.8 Å². The molecule has 0 unspecified atom stereocenters. The molecule has 0 aliphatic rings. The summed E-state index contributed by atoms with van der Waals surface area (Å²) in [5.41, 5.74) is 2.27. The number of pyridine rings is 1. The Morgan fingerprint density at radius 3 is 3.00 bits per heavy atom. The predicted octanol–water partition coefficient (Wildman–Crippen LogP) is 3.08. The van der Waals surface area contributed by atoms with E-state index in [1.54, 1.807) is 13.0 Å². The van der Waals surface area contributed by atoms with Crippen LogP contribution in [0.2, 0.25) is 5.15 Å². The Balaban J connectivity index is 2.80. The topological polar surface area (TPSA) is 38.9 Å². The number of rotatable bonds is 1. The maximum Gasteiger partial charge on any atom is 0.248 e. The number of oxazole rings is 1. The van der Waals surface area contributed by atoms with Crippen molar-refractivity contribution in [3.05, 3.63) is 22.7 Å². The van der Waals surface area contributed by atoms with Crippen molar-refractivity contribution in [2.75, 3.05) is 0 Å². The average molecular weight is 262 g/mol. The molecule has 0 spiro atoms. The highest BCUT2D eigenvalue weighted by molar-refractivity contribution is 9.08. The molecule has 0 fully saturated rings. The zero-order valence-electron chi connectivity index (χ0n) is 6.84. The molecule has 2 rings (SSSR count). The van der Waals surface area contributed by atoms with E-state index in [0.29, 0.717) is 22.1 Å². The molecule has 0 bridgehead atoms. The second-order valence-corrected chi connectivity index (χ2v) is 3.57. The van der Waals surface area contributed by atoms with Crippen LogP contribution in [0.4, 0.5) is 0 Å². The molecule has 0 aliphatic carbocycles. The largest absolute Gasteiger partial charge is 0.423 e. The van der Waals surface area contributed by atoms with Gasteiger partial charge < -0.3 is 4.42 Å².